The Morgan fingerprint density at radius 2 is 2.36 bits per heavy atom. The molecule has 0 aliphatic heterocycles. The van der Waals surface area contributed by atoms with Gasteiger partial charge in [0.15, 0.2) is 0 Å². The van der Waals surface area contributed by atoms with Crippen LogP contribution in [0.1, 0.15) is 5.69 Å². The summed E-state index contributed by atoms with van der Waals surface area (Å²) in [4.78, 5) is 26.4. The van der Waals surface area contributed by atoms with Crippen LogP contribution in [0.2, 0.25) is 0 Å². The molecule has 0 aliphatic rings. The molecule has 1 heterocycles. The second-order valence-electron chi connectivity index (χ2n) is 2.65. The van der Waals surface area contributed by atoms with Gasteiger partial charge in [0.05, 0.1) is 22.7 Å². The number of carbonyl (C=O) groups excluding carboxylic acids is 1. The summed E-state index contributed by atoms with van der Waals surface area (Å²) in [5.41, 5.74) is 0.445. The number of halogens is 1. The zero-order chi connectivity index (χ0) is 10.7. The summed E-state index contributed by atoms with van der Waals surface area (Å²) in [5, 5.41) is 0. The van der Waals surface area contributed by atoms with Gasteiger partial charge in [0.25, 0.3) is 5.56 Å². The molecule has 0 aromatic carbocycles. The number of esters is 1. The minimum absolute atomic E-state index is 0.0986. The molecule has 0 saturated carbocycles. The molecule has 1 rings (SSSR count). The third-order valence-electron chi connectivity index (χ3n) is 1.68. The molecule has 0 bridgehead atoms. The van der Waals surface area contributed by atoms with Gasteiger partial charge in [0, 0.05) is 0 Å². The van der Waals surface area contributed by atoms with E-state index in [2.05, 4.69) is 9.72 Å². The molecule has 0 atom stereocenters. The van der Waals surface area contributed by atoms with Crippen molar-refractivity contribution in [1.82, 2.24) is 9.55 Å². The summed E-state index contributed by atoms with van der Waals surface area (Å²) in [6, 6.07) is 0. The monoisotopic (exact) mass is 308 g/mol. The van der Waals surface area contributed by atoms with Crippen LogP contribution in [-0.4, -0.2) is 22.6 Å². The van der Waals surface area contributed by atoms with E-state index in [1.165, 1.54) is 18.0 Å². The predicted molar refractivity (Wildman–Crippen MR) is 58.0 cm³/mol. The van der Waals surface area contributed by atoms with E-state index in [1.807, 2.05) is 22.6 Å². The number of ether oxygens (including phenoxy) is 1. The van der Waals surface area contributed by atoms with Crippen molar-refractivity contribution in [1.29, 1.82) is 0 Å². The second kappa shape index (κ2) is 4.54. The third-order valence-corrected chi connectivity index (χ3v) is 2.93. The van der Waals surface area contributed by atoms with Crippen molar-refractivity contribution in [3.05, 3.63) is 25.9 Å². The number of rotatable bonds is 2. The van der Waals surface area contributed by atoms with Crippen molar-refractivity contribution in [2.24, 2.45) is 0 Å². The van der Waals surface area contributed by atoms with Crippen LogP contribution >= 0.6 is 22.6 Å². The summed E-state index contributed by atoms with van der Waals surface area (Å²) < 4.78 is 6.20. The molecule has 5 nitrogen and oxygen atoms in total. The summed E-state index contributed by atoms with van der Waals surface area (Å²) >= 11 is 1.91. The smallest absolute Gasteiger partial charge is 0.325 e. The van der Waals surface area contributed by atoms with Crippen LogP contribution in [0.25, 0.3) is 0 Å². The van der Waals surface area contributed by atoms with Gasteiger partial charge in [0.2, 0.25) is 0 Å². The van der Waals surface area contributed by atoms with Crippen molar-refractivity contribution >= 4 is 28.6 Å². The Morgan fingerprint density at radius 1 is 1.71 bits per heavy atom. The molecular formula is C8H9IN2O3. The predicted octanol–water partition coefficient (Wildman–Crippen LogP) is 0.329. The van der Waals surface area contributed by atoms with Crippen LogP contribution < -0.4 is 5.56 Å². The molecule has 0 N–H and O–H groups in total. The van der Waals surface area contributed by atoms with Gasteiger partial charge in [-0.1, -0.05) is 0 Å². The maximum atomic E-state index is 11.5. The fourth-order valence-electron chi connectivity index (χ4n) is 0.863. The first-order valence-electron chi connectivity index (χ1n) is 3.84. The lowest BCUT2D eigenvalue weighted by Crippen LogP contribution is -2.27. The molecule has 6 heteroatoms. The van der Waals surface area contributed by atoms with E-state index < -0.39 is 5.97 Å². The number of hydrogen-bond donors (Lipinski definition) is 0. The van der Waals surface area contributed by atoms with Crippen LogP contribution in [-0.2, 0) is 16.1 Å². The number of hydrogen-bond acceptors (Lipinski definition) is 4. The lowest BCUT2D eigenvalue weighted by atomic mass is 10.4. The quantitative estimate of drug-likeness (QED) is 0.583. The number of carbonyl (C=O) groups is 1. The standard InChI is InChI=1S/C8H9IN2O3/c1-5-7(9)8(13)11(4-10-5)3-6(12)14-2/h4H,3H2,1-2H3. The van der Waals surface area contributed by atoms with E-state index in [0.29, 0.717) is 9.26 Å². The van der Waals surface area contributed by atoms with Crippen molar-refractivity contribution in [2.45, 2.75) is 13.5 Å². The lowest BCUT2D eigenvalue weighted by molar-refractivity contribution is -0.141. The molecule has 0 amide bonds. The number of nitrogens with zero attached hydrogens (tertiary/aromatic N) is 2. The number of aryl methyl sites for hydroxylation is 1. The summed E-state index contributed by atoms with van der Waals surface area (Å²) in [7, 11) is 1.28. The van der Waals surface area contributed by atoms with E-state index in [4.69, 9.17) is 0 Å². The SMILES string of the molecule is COC(=O)Cn1cnc(C)c(I)c1=O. The molecule has 76 valence electrons. The lowest BCUT2D eigenvalue weighted by Gasteiger charge is -2.04. The van der Waals surface area contributed by atoms with E-state index in [1.54, 1.807) is 6.92 Å². The fourth-order valence-corrected chi connectivity index (χ4v) is 1.31. The van der Waals surface area contributed by atoms with E-state index in [-0.39, 0.29) is 12.1 Å². The molecule has 0 radical (unpaired) electrons. The van der Waals surface area contributed by atoms with Gasteiger partial charge in [-0.2, -0.15) is 0 Å². The minimum atomic E-state index is -0.464. The average Bonchev–Trinajstić information content (AvgIpc) is 2.19. The van der Waals surface area contributed by atoms with E-state index in [9.17, 15) is 9.59 Å². The van der Waals surface area contributed by atoms with Crippen LogP contribution in [0.4, 0.5) is 0 Å². The second-order valence-corrected chi connectivity index (χ2v) is 3.73. The molecule has 0 spiro atoms. The molecule has 1 aromatic heterocycles. The highest BCUT2D eigenvalue weighted by atomic mass is 127. The Labute approximate surface area is 94.2 Å². The zero-order valence-corrected chi connectivity index (χ0v) is 9.94. The molecule has 0 aliphatic carbocycles. The van der Waals surface area contributed by atoms with Gasteiger partial charge in [-0.05, 0) is 29.5 Å². The Balaban J connectivity index is 3.06. The Hall–Kier alpha value is -0.920. The topological polar surface area (TPSA) is 61.2 Å². The minimum Gasteiger partial charge on any atom is -0.468 e. The Kier molecular flexibility index (Phi) is 3.62. The first-order chi connectivity index (χ1) is 6.56. The highest BCUT2D eigenvalue weighted by molar-refractivity contribution is 14.1. The molecule has 1 aromatic rings. The number of methoxy groups -OCH3 is 1. The Morgan fingerprint density at radius 3 is 2.93 bits per heavy atom. The first kappa shape index (κ1) is 11.2. The normalized spacial score (nSPS) is 9.93. The maximum Gasteiger partial charge on any atom is 0.325 e. The fraction of sp³-hybridized carbons (Fsp3) is 0.375. The zero-order valence-electron chi connectivity index (χ0n) is 7.78. The van der Waals surface area contributed by atoms with Crippen molar-refractivity contribution in [3.8, 4) is 0 Å². The van der Waals surface area contributed by atoms with Gasteiger partial charge in [0.1, 0.15) is 6.54 Å². The van der Waals surface area contributed by atoms with Gasteiger partial charge in [-0.15, -0.1) is 0 Å². The van der Waals surface area contributed by atoms with Crippen LogP contribution in [0.3, 0.4) is 0 Å². The van der Waals surface area contributed by atoms with Crippen LogP contribution in [0.15, 0.2) is 11.1 Å². The van der Waals surface area contributed by atoms with Gasteiger partial charge >= 0.3 is 5.97 Å². The van der Waals surface area contributed by atoms with Crippen molar-refractivity contribution < 1.29 is 9.53 Å². The van der Waals surface area contributed by atoms with Crippen molar-refractivity contribution in [3.63, 3.8) is 0 Å². The average molecular weight is 308 g/mol. The maximum absolute atomic E-state index is 11.5. The van der Waals surface area contributed by atoms with E-state index in [0.717, 1.165) is 0 Å². The Bertz CT molecular complexity index is 414. The third kappa shape index (κ3) is 2.31. The first-order valence-corrected chi connectivity index (χ1v) is 4.92. The highest BCUT2D eigenvalue weighted by Gasteiger charge is 2.08. The molecular weight excluding hydrogens is 299 g/mol. The van der Waals surface area contributed by atoms with Crippen LogP contribution in [0, 0.1) is 10.5 Å². The highest BCUT2D eigenvalue weighted by Crippen LogP contribution is 2.01. The van der Waals surface area contributed by atoms with Gasteiger partial charge < -0.3 is 4.74 Å². The van der Waals surface area contributed by atoms with E-state index >= 15 is 0 Å². The summed E-state index contributed by atoms with van der Waals surface area (Å²) in [6.45, 7) is 1.64. The summed E-state index contributed by atoms with van der Waals surface area (Å²) in [6.07, 6.45) is 1.34. The van der Waals surface area contributed by atoms with Gasteiger partial charge in [-0.25, -0.2) is 4.98 Å². The largest absolute Gasteiger partial charge is 0.468 e. The van der Waals surface area contributed by atoms with Gasteiger partial charge in [-0.3, -0.25) is 14.2 Å². The molecule has 0 saturated heterocycles. The summed E-state index contributed by atoms with van der Waals surface area (Å²) in [5.74, 6) is -0.464. The number of aromatic nitrogens is 2. The molecule has 14 heavy (non-hydrogen) atoms. The molecule has 0 fully saturated rings. The molecule has 0 unspecified atom stereocenters. The van der Waals surface area contributed by atoms with Crippen molar-refractivity contribution in [2.75, 3.05) is 7.11 Å². The van der Waals surface area contributed by atoms with Crippen LogP contribution in [0.5, 0.6) is 0 Å².